The number of benzene rings is 2. The number of ether oxygens (including phenoxy) is 1. The van der Waals surface area contributed by atoms with Crippen LogP contribution in [-0.2, 0) is 22.7 Å². The molecule has 7 heteroatoms. The van der Waals surface area contributed by atoms with Crippen LogP contribution in [0.1, 0.15) is 43.8 Å². The number of nitrogens with one attached hydrogen (secondary N) is 1. The predicted molar refractivity (Wildman–Crippen MR) is 110 cm³/mol. The molecule has 0 spiro atoms. The molecule has 1 N–H and O–H groups in total. The molecule has 152 valence electrons. The van der Waals surface area contributed by atoms with Crippen molar-refractivity contribution in [3.05, 3.63) is 77.6 Å². The van der Waals surface area contributed by atoms with Gasteiger partial charge < -0.3 is 10.1 Å². The van der Waals surface area contributed by atoms with Gasteiger partial charge in [-0.3, -0.25) is 4.79 Å². The van der Waals surface area contributed by atoms with Gasteiger partial charge in [0.1, 0.15) is 6.04 Å². The van der Waals surface area contributed by atoms with E-state index in [1.807, 2.05) is 81.4 Å². The highest BCUT2D eigenvalue weighted by molar-refractivity contribution is 5.81. The van der Waals surface area contributed by atoms with Gasteiger partial charge >= 0.3 is 0 Å². The second-order valence-electron chi connectivity index (χ2n) is 7.96. The molecule has 1 atom stereocenters. The van der Waals surface area contributed by atoms with Crippen LogP contribution in [0.15, 0.2) is 60.7 Å². The van der Waals surface area contributed by atoms with Crippen molar-refractivity contribution in [3.8, 4) is 0 Å². The van der Waals surface area contributed by atoms with E-state index in [-0.39, 0.29) is 12.5 Å². The third-order valence-electron chi connectivity index (χ3n) is 4.43. The molecule has 2 aromatic carbocycles. The van der Waals surface area contributed by atoms with Gasteiger partial charge in [-0.05, 0) is 21.6 Å². The Balaban J connectivity index is 1.75. The Morgan fingerprint density at radius 3 is 2.28 bits per heavy atom. The number of amides is 1. The Hall–Kier alpha value is -3.06. The lowest BCUT2D eigenvalue weighted by atomic mass is 9.95. The Bertz CT molecular complexity index is 904. The number of carbonyl (C=O) groups is 1. The summed E-state index contributed by atoms with van der Waals surface area (Å²) in [5.41, 5.74) is 1.61. The average Bonchev–Trinajstić information content (AvgIpc) is 3.16. The molecule has 0 aliphatic heterocycles. The summed E-state index contributed by atoms with van der Waals surface area (Å²) in [6.45, 7) is 6.85. The van der Waals surface area contributed by atoms with Crippen LogP contribution in [-0.4, -0.2) is 32.7 Å². The molecule has 3 rings (SSSR count). The van der Waals surface area contributed by atoms with Gasteiger partial charge in [-0.25, -0.2) is 4.68 Å². The number of rotatable bonds is 8. The van der Waals surface area contributed by atoms with Gasteiger partial charge in [0, 0.05) is 5.41 Å². The highest BCUT2D eigenvalue weighted by Gasteiger charge is 2.28. The van der Waals surface area contributed by atoms with E-state index in [1.54, 1.807) is 4.68 Å². The molecular formula is C22H27N5O2. The van der Waals surface area contributed by atoms with E-state index in [0.29, 0.717) is 19.0 Å². The van der Waals surface area contributed by atoms with Crippen molar-refractivity contribution >= 4 is 5.91 Å². The second kappa shape index (κ2) is 9.43. The summed E-state index contributed by atoms with van der Waals surface area (Å²) in [5, 5.41) is 15.2. The molecular weight excluding hydrogens is 366 g/mol. The van der Waals surface area contributed by atoms with Gasteiger partial charge in [0.25, 0.3) is 0 Å². The normalized spacial score (nSPS) is 12.5. The quantitative estimate of drug-likeness (QED) is 0.636. The zero-order chi connectivity index (χ0) is 20.7. The standard InChI is InChI=1S/C22H27N5O2/c1-22(2,3)21(28)23-19(16-29-15-18-12-8-5-9-13-18)20-24-25-26-27(20)14-17-10-6-4-7-11-17/h4-13,19H,14-16H2,1-3H3,(H,23,28). The largest absolute Gasteiger partial charge is 0.374 e. The first kappa shape index (κ1) is 20.7. The summed E-state index contributed by atoms with van der Waals surface area (Å²) in [4.78, 5) is 12.6. The molecule has 29 heavy (non-hydrogen) atoms. The van der Waals surface area contributed by atoms with Crippen LogP contribution in [0.4, 0.5) is 0 Å². The monoisotopic (exact) mass is 393 g/mol. The summed E-state index contributed by atoms with van der Waals surface area (Å²) < 4.78 is 7.60. The number of hydrogen-bond acceptors (Lipinski definition) is 5. The van der Waals surface area contributed by atoms with Crippen molar-refractivity contribution in [3.63, 3.8) is 0 Å². The Labute approximate surface area is 171 Å². The summed E-state index contributed by atoms with van der Waals surface area (Å²) in [5.74, 6) is 0.486. The number of tetrazole rings is 1. The topological polar surface area (TPSA) is 81.9 Å². The summed E-state index contributed by atoms with van der Waals surface area (Å²) in [6, 6.07) is 19.4. The summed E-state index contributed by atoms with van der Waals surface area (Å²) >= 11 is 0. The van der Waals surface area contributed by atoms with E-state index in [9.17, 15) is 4.79 Å². The molecule has 0 radical (unpaired) electrons. The van der Waals surface area contributed by atoms with Crippen LogP contribution in [0.3, 0.4) is 0 Å². The number of nitrogens with zero attached hydrogens (tertiary/aromatic N) is 4. The number of hydrogen-bond donors (Lipinski definition) is 1. The van der Waals surface area contributed by atoms with E-state index in [1.165, 1.54) is 0 Å². The van der Waals surface area contributed by atoms with E-state index < -0.39 is 11.5 Å². The molecule has 0 aliphatic carbocycles. The second-order valence-corrected chi connectivity index (χ2v) is 7.96. The lowest BCUT2D eigenvalue weighted by Gasteiger charge is -2.24. The SMILES string of the molecule is CC(C)(C)C(=O)NC(COCc1ccccc1)c1nnnn1Cc1ccccc1. The fourth-order valence-electron chi connectivity index (χ4n) is 2.75. The van der Waals surface area contributed by atoms with Crippen LogP contribution in [0.5, 0.6) is 0 Å². The van der Waals surface area contributed by atoms with Gasteiger partial charge in [0.15, 0.2) is 5.82 Å². The maximum absolute atomic E-state index is 12.6. The van der Waals surface area contributed by atoms with Crippen molar-refractivity contribution in [2.75, 3.05) is 6.61 Å². The minimum absolute atomic E-state index is 0.0833. The van der Waals surface area contributed by atoms with Gasteiger partial charge in [-0.15, -0.1) is 5.10 Å². The molecule has 0 fully saturated rings. The molecule has 1 amide bonds. The molecule has 3 aromatic rings. The predicted octanol–water partition coefficient (Wildman–Crippen LogP) is 3.14. The fourth-order valence-corrected chi connectivity index (χ4v) is 2.75. The maximum atomic E-state index is 12.6. The lowest BCUT2D eigenvalue weighted by molar-refractivity contribution is -0.130. The van der Waals surface area contributed by atoms with Crippen LogP contribution in [0.25, 0.3) is 0 Å². The molecule has 0 saturated carbocycles. The third-order valence-corrected chi connectivity index (χ3v) is 4.43. The van der Waals surface area contributed by atoms with Gasteiger partial charge in [-0.1, -0.05) is 81.4 Å². The highest BCUT2D eigenvalue weighted by Crippen LogP contribution is 2.18. The Kier molecular flexibility index (Phi) is 6.72. The van der Waals surface area contributed by atoms with Gasteiger partial charge in [0.05, 0.1) is 19.8 Å². The van der Waals surface area contributed by atoms with E-state index in [2.05, 4.69) is 20.8 Å². The average molecular weight is 393 g/mol. The zero-order valence-electron chi connectivity index (χ0n) is 17.1. The number of aromatic nitrogens is 4. The Morgan fingerprint density at radius 1 is 1.03 bits per heavy atom. The van der Waals surface area contributed by atoms with E-state index in [4.69, 9.17) is 4.74 Å². The van der Waals surface area contributed by atoms with E-state index >= 15 is 0 Å². The smallest absolute Gasteiger partial charge is 0.226 e. The number of carbonyl (C=O) groups excluding carboxylic acids is 1. The van der Waals surface area contributed by atoms with Crippen LogP contribution in [0.2, 0.25) is 0 Å². The van der Waals surface area contributed by atoms with E-state index in [0.717, 1.165) is 11.1 Å². The summed E-state index contributed by atoms with van der Waals surface area (Å²) in [7, 11) is 0. The molecule has 7 nitrogen and oxygen atoms in total. The zero-order valence-corrected chi connectivity index (χ0v) is 17.1. The minimum atomic E-state index is -0.532. The van der Waals surface area contributed by atoms with Crippen LogP contribution >= 0.6 is 0 Å². The first-order valence-electron chi connectivity index (χ1n) is 9.66. The van der Waals surface area contributed by atoms with Crippen molar-refractivity contribution in [2.24, 2.45) is 5.41 Å². The molecule has 0 bridgehead atoms. The van der Waals surface area contributed by atoms with Crippen molar-refractivity contribution in [1.29, 1.82) is 0 Å². The van der Waals surface area contributed by atoms with Crippen molar-refractivity contribution in [2.45, 2.75) is 40.0 Å². The first-order valence-corrected chi connectivity index (χ1v) is 9.66. The molecule has 0 aliphatic rings. The van der Waals surface area contributed by atoms with Crippen LogP contribution in [0, 0.1) is 5.41 Å². The molecule has 1 unspecified atom stereocenters. The van der Waals surface area contributed by atoms with Gasteiger partial charge in [-0.2, -0.15) is 0 Å². The maximum Gasteiger partial charge on any atom is 0.226 e. The molecule has 1 aromatic heterocycles. The Morgan fingerprint density at radius 2 is 1.66 bits per heavy atom. The molecule has 1 heterocycles. The highest BCUT2D eigenvalue weighted by atomic mass is 16.5. The molecule has 0 saturated heterocycles. The summed E-state index contributed by atoms with van der Waals surface area (Å²) in [6.07, 6.45) is 0. The van der Waals surface area contributed by atoms with Crippen molar-refractivity contribution in [1.82, 2.24) is 25.5 Å². The van der Waals surface area contributed by atoms with Crippen LogP contribution < -0.4 is 5.32 Å². The lowest BCUT2D eigenvalue weighted by Crippen LogP contribution is -2.40. The fraction of sp³-hybridized carbons (Fsp3) is 0.364. The van der Waals surface area contributed by atoms with Crippen molar-refractivity contribution < 1.29 is 9.53 Å². The third kappa shape index (κ3) is 5.96. The minimum Gasteiger partial charge on any atom is -0.374 e. The first-order chi connectivity index (χ1) is 13.9. The van der Waals surface area contributed by atoms with Gasteiger partial charge in [0.2, 0.25) is 5.91 Å².